The Morgan fingerprint density at radius 3 is 2.70 bits per heavy atom. The lowest BCUT2D eigenvalue weighted by molar-refractivity contribution is 0.174. The van der Waals surface area contributed by atoms with Crippen LogP contribution >= 0.6 is 34.2 Å². The van der Waals surface area contributed by atoms with Crippen LogP contribution in [0.15, 0.2) is 18.2 Å². The van der Waals surface area contributed by atoms with Crippen LogP contribution in [0, 0.1) is 3.57 Å². The van der Waals surface area contributed by atoms with Gasteiger partial charge in [-0.1, -0.05) is 25.4 Å². The Morgan fingerprint density at radius 1 is 1.20 bits per heavy atom. The number of fused-ring (bicyclic) bond motifs is 1. The van der Waals surface area contributed by atoms with Crippen molar-refractivity contribution in [3.63, 3.8) is 0 Å². The quantitative estimate of drug-likeness (QED) is 0.556. The normalized spacial score (nSPS) is 13.1. The van der Waals surface area contributed by atoms with E-state index in [-0.39, 0.29) is 12.7 Å². The number of ether oxygens (including phenoxy) is 2. The van der Waals surface area contributed by atoms with Crippen molar-refractivity contribution in [1.29, 1.82) is 0 Å². The maximum atomic E-state index is 6.22. The van der Waals surface area contributed by atoms with E-state index in [2.05, 4.69) is 46.4 Å². The number of halogens is 2. The summed E-state index contributed by atoms with van der Waals surface area (Å²) >= 11 is 8.40. The van der Waals surface area contributed by atoms with Gasteiger partial charge in [-0.3, -0.25) is 0 Å². The molecule has 2 heterocycles. The van der Waals surface area contributed by atoms with Gasteiger partial charge in [-0.2, -0.15) is 0 Å². The molecular weight excluding hydrogens is 391 g/mol. The highest BCUT2D eigenvalue weighted by molar-refractivity contribution is 14.1. The summed E-state index contributed by atoms with van der Waals surface area (Å²) in [6, 6.07) is 5.66. The van der Waals surface area contributed by atoms with Crippen LogP contribution in [-0.4, -0.2) is 16.8 Å². The van der Waals surface area contributed by atoms with Crippen LogP contribution in [-0.2, 0) is 0 Å². The SMILES string of the molecule is CC(C)c1nc(-c2ccc3c(c2)OCO3)nc(Cl)c1I. The van der Waals surface area contributed by atoms with Crippen LogP contribution in [0.2, 0.25) is 5.15 Å². The second-order valence-corrected chi connectivity index (χ2v) is 6.20. The topological polar surface area (TPSA) is 44.2 Å². The van der Waals surface area contributed by atoms with E-state index in [4.69, 9.17) is 21.1 Å². The number of hydrogen-bond acceptors (Lipinski definition) is 4. The van der Waals surface area contributed by atoms with Crippen molar-refractivity contribution < 1.29 is 9.47 Å². The molecule has 104 valence electrons. The third-order valence-corrected chi connectivity index (χ3v) is 4.67. The maximum absolute atomic E-state index is 6.22. The van der Waals surface area contributed by atoms with E-state index >= 15 is 0 Å². The number of hydrogen-bond donors (Lipinski definition) is 0. The van der Waals surface area contributed by atoms with Crippen molar-refractivity contribution in [2.24, 2.45) is 0 Å². The number of rotatable bonds is 2. The Labute approximate surface area is 135 Å². The summed E-state index contributed by atoms with van der Waals surface area (Å²) in [6.07, 6.45) is 0. The van der Waals surface area contributed by atoms with E-state index < -0.39 is 0 Å². The molecule has 3 rings (SSSR count). The highest BCUT2D eigenvalue weighted by Gasteiger charge is 2.18. The van der Waals surface area contributed by atoms with Gasteiger partial charge in [0.05, 0.1) is 9.26 Å². The highest BCUT2D eigenvalue weighted by Crippen LogP contribution is 2.36. The Balaban J connectivity index is 2.10. The Bertz CT molecular complexity index is 676. The van der Waals surface area contributed by atoms with Gasteiger partial charge >= 0.3 is 0 Å². The molecule has 6 heteroatoms. The van der Waals surface area contributed by atoms with Crippen molar-refractivity contribution >= 4 is 34.2 Å². The van der Waals surface area contributed by atoms with Gasteiger partial charge in [0.15, 0.2) is 17.3 Å². The second-order valence-electron chi connectivity index (χ2n) is 4.76. The zero-order valence-electron chi connectivity index (χ0n) is 11.0. The predicted octanol–water partition coefficient (Wildman–Crippen LogP) is 4.25. The lowest BCUT2D eigenvalue weighted by Crippen LogP contribution is -2.02. The van der Waals surface area contributed by atoms with E-state index in [0.29, 0.717) is 16.7 Å². The summed E-state index contributed by atoms with van der Waals surface area (Å²) in [4.78, 5) is 8.99. The molecule has 0 N–H and O–H groups in total. The Kier molecular flexibility index (Phi) is 3.72. The van der Waals surface area contributed by atoms with E-state index in [9.17, 15) is 0 Å². The summed E-state index contributed by atoms with van der Waals surface area (Å²) in [5.41, 5.74) is 1.83. The first-order chi connectivity index (χ1) is 9.56. The fourth-order valence-electron chi connectivity index (χ4n) is 1.98. The van der Waals surface area contributed by atoms with Gasteiger partial charge in [-0.25, -0.2) is 9.97 Å². The molecule has 0 saturated heterocycles. The third-order valence-electron chi connectivity index (χ3n) is 3.01. The molecule has 0 atom stereocenters. The van der Waals surface area contributed by atoms with Gasteiger partial charge in [-0.05, 0) is 46.7 Å². The van der Waals surface area contributed by atoms with Crippen LogP contribution in [0.1, 0.15) is 25.5 Å². The van der Waals surface area contributed by atoms with E-state index in [1.54, 1.807) is 0 Å². The average molecular weight is 403 g/mol. The van der Waals surface area contributed by atoms with Crippen molar-refractivity contribution in [3.8, 4) is 22.9 Å². The molecule has 0 radical (unpaired) electrons. The molecule has 1 aliphatic heterocycles. The molecule has 20 heavy (non-hydrogen) atoms. The summed E-state index contributed by atoms with van der Waals surface area (Å²) in [7, 11) is 0. The number of nitrogens with zero attached hydrogens (tertiary/aromatic N) is 2. The minimum absolute atomic E-state index is 0.254. The first kappa shape index (κ1) is 13.9. The maximum Gasteiger partial charge on any atom is 0.231 e. The zero-order valence-corrected chi connectivity index (χ0v) is 13.9. The van der Waals surface area contributed by atoms with Gasteiger partial charge in [0.1, 0.15) is 5.15 Å². The first-order valence-electron chi connectivity index (χ1n) is 6.19. The smallest absolute Gasteiger partial charge is 0.231 e. The van der Waals surface area contributed by atoms with Crippen LogP contribution in [0.5, 0.6) is 11.5 Å². The summed E-state index contributed by atoms with van der Waals surface area (Å²) < 4.78 is 11.6. The van der Waals surface area contributed by atoms with Crippen molar-refractivity contribution in [2.45, 2.75) is 19.8 Å². The van der Waals surface area contributed by atoms with E-state index in [1.807, 2.05) is 18.2 Å². The van der Waals surface area contributed by atoms with Gasteiger partial charge in [0, 0.05) is 5.56 Å². The van der Waals surface area contributed by atoms with Crippen molar-refractivity contribution in [2.75, 3.05) is 6.79 Å². The zero-order chi connectivity index (χ0) is 14.3. The summed E-state index contributed by atoms with van der Waals surface area (Å²) in [5, 5.41) is 0.483. The minimum Gasteiger partial charge on any atom is -0.454 e. The molecule has 0 spiro atoms. The monoisotopic (exact) mass is 402 g/mol. The molecular formula is C14H12ClIN2O2. The van der Waals surface area contributed by atoms with Crippen LogP contribution in [0.25, 0.3) is 11.4 Å². The lowest BCUT2D eigenvalue weighted by Gasteiger charge is -2.11. The highest BCUT2D eigenvalue weighted by atomic mass is 127. The van der Waals surface area contributed by atoms with E-state index in [0.717, 1.165) is 20.6 Å². The molecule has 1 aromatic carbocycles. The first-order valence-corrected chi connectivity index (χ1v) is 7.65. The van der Waals surface area contributed by atoms with Crippen LogP contribution in [0.3, 0.4) is 0 Å². The van der Waals surface area contributed by atoms with Crippen molar-refractivity contribution in [3.05, 3.63) is 32.6 Å². The standard InChI is InChI=1S/C14H12ClIN2O2/c1-7(2)12-11(16)13(15)18-14(17-12)8-3-4-9-10(5-8)20-6-19-9/h3-5,7H,6H2,1-2H3. The number of aromatic nitrogens is 2. The van der Waals surface area contributed by atoms with Crippen LogP contribution < -0.4 is 9.47 Å². The summed E-state index contributed by atoms with van der Waals surface area (Å²) in [5.74, 6) is 2.36. The molecule has 0 fully saturated rings. The third kappa shape index (κ3) is 2.44. The lowest BCUT2D eigenvalue weighted by atomic mass is 10.1. The average Bonchev–Trinajstić information content (AvgIpc) is 2.88. The Hall–Kier alpha value is -1.08. The molecule has 2 aromatic rings. The molecule has 0 bridgehead atoms. The fraction of sp³-hybridized carbons (Fsp3) is 0.286. The second kappa shape index (κ2) is 5.37. The molecule has 1 aromatic heterocycles. The molecule has 0 saturated carbocycles. The Morgan fingerprint density at radius 2 is 1.95 bits per heavy atom. The predicted molar refractivity (Wildman–Crippen MR) is 85.4 cm³/mol. The molecule has 1 aliphatic rings. The van der Waals surface area contributed by atoms with Crippen molar-refractivity contribution in [1.82, 2.24) is 9.97 Å². The van der Waals surface area contributed by atoms with Crippen LogP contribution in [0.4, 0.5) is 0 Å². The van der Waals surface area contributed by atoms with E-state index in [1.165, 1.54) is 0 Å². The minimum atomic E-state index is 0.254. The van der Waals surface area contributed by atoms with Gasteiger partial charge in [-0.15, -0.1) is 0 Å². The molecule has 0 aliphatic carbocycles. The largest absolute Gasteiger partial charge is 0.454 e. The number of benzene rings is 1. The molecule has 0 amide bonds. The molecule has 0 unspecified atom stereocenters. The van der Waals surface area contributed by atoms with Gasteiger partial charge in [0.2, 0.25) is 6.79 Å². The van der Waals surface area contributed by atoms with Gasteiger partial charge in [0.25, 0.3) is 0 Å². The summed E-state index contributed by atoms with van der Waals surface area (Å²) in [6.45, 7) is 4.43. The molecule has 4 nitrogen and oxygen atoms in total. The van der Waals surface area contributed by atoms with Gasteiger partial charge < -0.3 is 9.47 Å². The fourth-order valence-corrected chi connectivity index (χ4v) is 3.02.